The summed E-state index contributed by atoms with van der Waals surface area (Å²) in [6.45, 7) is 8.24. The van der Waals surface area contributed by atoms with Crippen LogP contribution in [0.15, 0.2) is 11.1 Å². The van der Waals surface area contributed by atoms with Gasteiger partial charge in [0, 0.05) is 19.3 Å². The fraction of sp³-hybridized carbons (Fsp3) is 0.826. The molecule has 0 amide bonds. The molecule has 0 unspecified atom stereocenters. The number of fused-ring (bicyclic) bond motifs is 1. The third kappa shape index (κ3) is 4.78. The SMILES string of the molecule is CC(=O)OC(C)(C)[C@H]1CC2=C(C)C(=O)C[C@@H]2[C@@H](C)C[C@H]1O[C@@H]1O[C@H](CO)[C@@H](O)[C@H](O)[C@H]1O. The first-order chi connectivity index (χ1) is 14.9. The lowest BCUT2D eigenvalue weighted by atomic mass is 9.80. The number of ether oxygens (including phenoxy) is 3. The molecule has 2 fully saturated rings. The highest BCUT2D eigenvalue weighted by Crippen LogP contribution is 2.48. The second-order valence-electron chi connectivity index (χ2n) is 9.98. The van der Waals surface area contributed by atoms with Gasteiger partial charge in [0.1, 0.15) is 30.0 Å². The van der Waals surface area contributed by atoms with Crippen LogP contribution >= 0.6 is 0 Å². The molecule has 9 nitrogen and oxygen atoms in total. The molecule has 3 aliphatic rings. The molecular formula is C23H36O9. The van der Waals surface area contributed by atoms with E-state index in [-0.39, 0.29) is 23.5 Å². The van der Waals surface area contributed by atoms with Crippen molar-refractivity contribution in [3.63, 3.8) is 0 Å². The molecule has 0 bridgehead atoms. The van der Waals surface area contributed by atoms with E-state index in [0.717, 1.165) is 11.1 Å². The van der Waals surface area contributed by atoms with Crippen LogP contribution in [0.2, 0.25) is 0 Å². The number of carbonyl (C=O) groups excluding carboxylic acids is 2. The maximum Gasteiger partial charge on any atom is 0.303 e. The number of hydrogen-bond donors (Lipinski definition) is 4. The van der Waals surface area contributed by atoms with Gasteiger partial charge >= 0.3 is 5.97 Å². The average Bonchev–Trinajstić information content (AvgIpc) is 2.90. The number of aliphatic hydroxyl groups is 4. The summed E-state index contributed by atoms with van der Waals surface area (Å²) in [5.41, 5.74) is 0.851. The van der Waals surface area contributed by atoms with Crippen LogP contribution in [0, 0.1) is 17.8 Å². The zero-order valence-corrected chi connectivity index (χ0v) is 19.4. The number of rotatable bonds is 5. The molecule has 2 aliphatic carbocycles. The van der Waals surface area contributed by atoms with Gasteiger partial charge in [-0.25, -0.2) is 0 Å². The summed E-state index contributed by atoms with van der Waals surface area (Å²) in [4.78, 5) is 24.2. The van der Waals surface area contributed by atoms with Crippen molar-refractivity contribution < 1.29 is 44.2 Å². The van der Waals surface area contributed by atoms with E-state index < -0.39 is 55.0 Å². The number of allylic oxidation sites excluding steroid dienone is 2. The van der Waals surface area contributed by atoms with E-state index in [0.29, 0.717) is 19.3 Å². The van der Waals surface area contributed by atoms with Crippen LogP contribution in [0.1, 0.15) is 53.9 Å². The highest BCUT2D eigenvalue weighted by atomic mass is 16.7. The fourth-order valence-electron chi connectivity index (χ4n) is 5.49. The summed E-state index contributed by atoms with van der Waals surface area (Å²) in [7, 11) is 0. The molecule has 0 aromatic heterocycles. The van der Waals surface area contributed by atoms with Crippen LogP contribution in [-0.2, 0) is 23.8 Å². The minimum Gasteiger partial charge on any atom is -0.459 e. The minimum absolute atomic E-state index is 0.0709. The van der Waals surface area contributed by atoms with Gasteiger partial charge in [-0.05, 0) is 51.0 Å². The van der Waals surface area contributed by atoms with E-state index in [1.165, 1.54) is 6.92 Å². The van der Waals surface area contributed by atoms with Crippen LogP contribution in [0.3, 0.4) is 0 Å². The van der Waals surface area contributed by atoms with Gasteiger partial charge in [0.05, 0.1) is 12.7 Å². The Bertz CT molecular complexity index is 759. The summed E-state index contributed by atoms with van der Waals surface area (Å²) < 4.78 is 17.4. The monoisotopic (exact) mass is 456 g/mol. The maximum absolute atomic E-state index is 12.4. The van der Waals surface area contributed by atoms with Crippen molar-refractivity contribution in [3.05, 3.63) is 11.1 Å². The van der Waals surface area contributed by atoms with Crippen molar-refractivity contribution in [3.8, 4) is 0 Å². The van der Waals surface area contributed by atoms with Crippen molar-refractivity contribution in [1.82, 2.24) is 0 Å². The lowest BCUT2D eigenvalue weighted by Crippen LogP contribution is -2.60. The molecule has 3 rings (SSSR count). The molecule has 0 radical (unpaired) electrons. The number of hydrogen-bond acceptors (Lipinski definition) is 9. The van der Waals surface area contributed by atoms with Gasteiger partial charge in [0.15, 0.2) is 12.1 Å². The Kier molecular flexibility index (Phi) is 7.49. The van der Waals surface area contributed by atoms with E-state index in [1.54, 1.807) is 13.8 Å². The second kappa shape index (κ2) is 9.48. The van der Waals surface area contributed by atoms with Crippen molar-refractivity contribution in [2.75, 3.05) is 6.61 Å². The zero-order valence-electron chi connectivity index (χ0n) is 19.4. The van der Waals surface area contributed by atoms with Crippen LogP contribution in [0.4, 0.5) is 0 Å². The van der Waals surface area contributed by atoms with Crippen molar-refractivity contribution in [1.29, 1.82) is 0 Å². The number of esters is 1. The van der Waals surface area contributed by atoms with Crippen LogP contribution in [0.5, 0.6) is 0 Å². The normalized spacial score (nSPS) is 40.8. The smallest absolute Gasteiger partial charge is 0.303 e. The highest BCUT2D eigenvalue weighted by molar-refractivity contribution is 5.98. The van der Waals surface area contributed by atoms with E-state index in [2.05, 4.69) is 0 Å². The van der Waals surface area contributed by atoms with Crippen molar-refractivity contribution >= 4 is 11.8 Å². The minimum atomic E-state index is -1.55. The van der Waals surface area contributed by atoms with Gasteiger partial charge in [0.2, 0.25) is 0 Å². The van der Waals surface area contributed by atoms with E-state index in [1.807, 2.05) is 13.8 Å². The number of carbonyl (C=O) groups is 2. The number of aliphatic hydroxyl groups excluding tert-OH is 4. The quantitative estimate of drug-likeness (QED) is 0.434. The topological polar surface area (TPSA) is 143 Å². The fourth-order valence-corrected chi connectivity index (χ4v) is 5.49. The molecule has 182 valence electrons. The molecule has 0 aromatic rings. The second-order valence-corrected chi connectivity index (χ2v) is 9.98. The first-order valence-electron chi connectivity index (χ1n) is 11.3. The molecule has 9 heteroatoms. The third-order valence-electron chi connectivity index (χ3n) is 7.39. The first kappa shape index (κ1) is 25.3. The summed E-state index contributed by atoms with van der Waals surface area (Å²) in [5.74, 6) is -0.513. The molecule has 1 aliphatic heterocycles. The van der Waals surface area contributed by atoms with Gasteiger partial charge in [-0.15, -0.1) is 0 Å². The lowest BCUT2D eigenvalue weighted by Gasteiger charge is -2.44. The maximum atomic E-state index is 12.4. The zero-order chi connectivity index (χ0) is 24.0. The molecule has 32 heavy (non-hydrogen) atoms. The molecular weight excluding hydrogens is 420 g/mol. The van der Waals surface area contributed by atoms with Crippen LogP contribution in [-0.4, -0.2) is 81.2 Å². The number of Topliss-reactive ketones (excluding diaryl/α,β-unsaturated/α-hetero) is 1. The van der Waals surface area contributed by atoms with E-state index >= 15 is 0 Å². The molecule has 1 heterocycles. The predicted octanol–water partition coefficient (Wildman–Crippen LogP) is 0.465. The molecule has 1 saturated carbocycles. The van der Waals surface area contributed by atoms with Crippen molar-refractivity contribution in [2.45, 2.75) is 96.3 Å². The third-order valence-corrected chi connectivity index (χ3v) is 7.39. The summed E-state index contributed by atoms with van der Waals surface area (Å²) in [6.07, 6.45) is -6.02. The Labute approximate surface area is 188 Å². The average molecular weight is 457 g/mol. The first-order valence-corrected chi connectivity index (χ1v) is 11.3. The van der Waals surface area contributed by atoms with Gasteiger partial charge < -0.3 is 34.6 Å². The summed E-state index contributed by atoms with van der Waals surface area (Å²) in [5, 5.41) is 40.2. The predicted molar refractivity (Wildman–Crippen MR) is 112 cm³/mol. The Hall–Kier alpha value is -1.36. The summed E-state index contributed by atoms with van der Waals surface area (Å²) >= 11 is 0. The molecule has 1 saturated heterocycles. The lowest BCUT2D eigenvalue weighted by molar-refractivity contribution is -0.319. The van der Waals surface area contributed by atoms with E-state index in [9.17, 15) is 30.0 Å². The Morgan fingerprint density at radius 3 is 2.41 bits per heavy atom. The molecule has 9 atom stereocenters. The summed E-state index contributed by atoms with van der Waals surface area (Å²) in [6, 6.07) is 0. The van der Waals surface area contributed by atoms with Gasteiger partial charge in [-0.1, -0.05) is 12.5 Å². The Morgan fingerprint density at radius 1 is 1.16 bits per heavy atom. The number of ketones is 1. The highest BCUT2D eigenvalue weighted by Gasteiger charge is 2.50. The Morgan fingerprint density at radius 2 is 1.81 bits per heavy atom. The van der Waals surface area contributed by atoms with Gasteiger partial charge in [-0.2, -0.15) is 0 Å². The van der Waals surface area contributed by atoms with E-state index in [4.69, 9.17) is 14.2 Å². The molecule has 4 N–H and O–H groups in total. The largest absolute Gasteiger partial charge is 0.459 e. The molecule has 0 spiro atoms. The van der Waals surface area contributed by atoms with Crippen molar-refractivity contribution in [2.24, 2.45) is 17.8 Å². The standard InChI is InChI=1S/C23H36O9/c1-10-6-17(30-22-21(29)20(28)19(27)18(9-24)31-22)15(23(4,5)32-12(3)25)7-14-11(2)16(26)8-13(10)14/h10,13,15,17-22,24,27-29H,6-9H2,1-5H3/t10-,13+,15-,17+,18+,19+,20-,21+,22+/m0/s1. The van der Waals surface area contributed by atoms with Crippen LogP contribution in [0.25, 0.3) is 0 Å². The van der Waals surface area contributed by atoms with Crippen LogP contribution < -0.4 is 0 Å². The Balaban J connectivity index is 1.94. The molecule has 0 aromatic carbocycles. The van der Waals surface area contributed by atoms with Gasteiger partial charge in [-0.3, -0.25) is 9.59 Å². The van der Waals surface area contributed by atoms with Gasteiger partial charge in [0.25, 0.3) is 0 Å².